The number of hydrogen-bond acceptors (Lipinski definition) is 3. The van der Waals surface area contributed by atoms with Gasteiger partial charge in [0.1, 0.15) is 0 Å². The number of rotatable bonds is 4. The predicted molar refractivity (Wildman–Crippen MR) is 71.3 cm³/mol. The SMILES string of the molecule is CC1CSCCN1C(=O)CNCC1CC1.Cl. The van der Waals surface area contributed by atoms with Crippen molar-refractivity contribution in [3.8, 4) is 0 Å². The molecular formula is C11H21ClN2OS. The van der Waals surface area contributed by atoms with E-state index in [-0.39, 0.29) is 18.3 Å². The van der Waals surface area contributed by atoms with Gasteiger partial charge in [-0.25, -0.2) is 0 Å². The first kappa shape index (κ1) is 14.1. The van der Waals surface area contributed by atoms with E-state index in [1.807, 2.05) is 16.7 Å². The zero-order valence-electron chi connectivity index (χ0n) is 9.78. The highest BCUT2D eigenvalue weighted by Crippen LogP contribution is 2.27. The largest absolute Gasteiger partial charge is 0.337 e. The van der Waals surface area contributed by atoms with Gasteiger partial charge in [0.05, 0.1) is 6.54 Å². The zero-order chi connectivity index (χ0) is 10.7. The molecule has 2 aliphatic rings. The standard InChI is InChI=1S/C11H20N2OS.ClH/c1-9-8-15-5-4-13(9)11(14)7-12-6-10-2-3-10;/h9-10,12H,2-8H2,1H3;1H. The van der Waals surface area contributed by atoms with Crippen molar-refractivity contribution in [1.29, 1.82) is 0 Å². The second-order valence-electron chi connectivity index (χ2n) is 4.59. The van der Waals surface area contributed by atoms with Crippen LogP contribution in [0.2, 0.25) is 0 Å². The van der Waals surface area contributed by atoms with Gasteiger partial charge in [0, 0.05) is 24.1 Å². The maximum atomic E-state index is 11.9. The lowest BCUT2D eigenvalue weighted by atomic mass is 10.3. The van der Waals surface area contributed by atoms with Crippen molar-refractivity contribution < 1.29 is 4.79 Å². The van der Waals surface area contributed by atoms with Gasteiger partial charge in [0.2, 0.25) is 5.91 Å². The molecule has 0 bridgehead atoms. The van der Waals surface area contributed by atoms with Gasteiger partial charge in [0.15, 0.2) is 0 Å². The van der Waals surface area contributed by atoms with E-state index in [0.29, 0.717) is 12.6 Å². The van der Waals surface area contributed by atoms with Crippen molar-refractivity contribution in [2.75, 3.05) is 31.1 Å². The van der Waals surface area contributed by atoms with E-state index in [2.05, 4.69) is 12.2 Å². The van der Waals surface area contributed by atoms with Crippen molar-refractivity contribution in [2.45, 2.75) is 25.8 Å². The topological polar surface area (TPSA) is 32.3 Å². The second kappa shape index (κ2) is 6.72. The highest BCUT2D eigenvalue weighted by atomic mass is 35.5. The van der Waals surface area contributed by atoms with Crippen molar-refractivity contribution in [1.82, 2.24) is 10.2 Å². The summed E-state index contributed by atoms with van der Waals surface area (Å²) in [5.41, 5.74) is 0. The molecule has 1 aliphatic heterocycles. The molecule has 1 heterocycles. The van der Waals surface area contributed by atoms with E-state index in [1.165, 1.54) is 12.8 Å². The van der Waals surface area contributed by atoms with Gasteiger partial charge in [-0.1, -0.05) is 0 Å². The quantitative estimate of drug-likeness (QED) is 0.833. The summed E-state index contributed by atoms with van der Waals surface area (Å²) in [5, 5.41) is 3.27. The molecule has 1 atom stereocenters. The van der Waals surface area contributed by atoms with Crippen LogP contribution in [0.3, 0.4) is 0 Å². The number of nitrogens with zero attached hydrogens (tertiary/aromatic N) is 1. The maximum Gasteiger partial charge on any atom is 0.236 e. The van der Waals surface area contributed by atoms with Gasteiger partial charge < -0.3 is 10.2 Å². The summed E-state index contributed by atoms with van der Waals surface area (Å²) in [6.07, 6.45) is 2.69. The summed E-state index contributed by atoms with van der Waals surface area (Å²) >= 11 is 1.95. The van der Waals surface area contributed by atoms with Crippen LogP contribution in [0.5, 0.6) is 0 Å². The minimum Gasteiger partial charge on any atom is -0.337 e. The summed E-state index contributed by atoms with van der Waals surface area (Å²) < 4.78 is 0. The van der Waals surface area contributed by atoms with E-state index in [9.17, 15) is 4.79 Å². The Hall–Kier alpha value is 0.0700. The van der Waals surface area contributed by atoms with Gasteiger partial charge in [-0.05, 0) is 32.2 Å². The molecule has 3 nitrogen and oxygen atoms in total. The number of thioether (sulfide) groups is 1. The van der Waals surface area contributed by atoms with Crippen LogP contribution in [0.25, 0.3) is 0 Å². The first-order valence-electron chi connectivity index (χ1n) is 5.85. The third kappa shape index (κ3) is 4.15. The summed E-state index contributed by atoms with van der Waals surface area (Å²) in [7, 11) is 0. The molecule has 2 fully saturated rings. The molecule has 2 rings (SSSR count). The fourth-order valence-electron chi connectivity index (χ4n) is 1.90. The Morgan fingerprint density at radius 2 is 2.25 bits per heavy atom. The van der Waals surface area contributed by atoms with Crippen molar-refractivity contribution in [2.24, 2.45) is 5.92 Å². The van der Waals surface area contributed by atoms with Crippen molar-refractivity contribution >= 4 is 30.1 Å². The fourth-order valence-corrected chi connectivity index (χ4v) is 2.92. The lowest BCUT2D eigenvalue weighted by molar-refractivity contribution is -0.131. The van der Waals surface area contributed by atoms with Crippen molar-refractivity contribution in [3.63, 3.8) is 0 Å². The number of carbonyl (C=O) groups excluding carboxylic acids is 1. The van der Waals surface area contributed by atoms with Crippen LogP contribution in [-0.4, -0.2) is 48.0 Å². The molecule has 1 N–H and O–H groups in total. The monoisotopic (exact) mass is 264 g/mol. The lowest BCUT2D eigenvalue weighted by Gasteiger charge is -2.33. The van der Waals surface area contributed by atoms with E-state index >= 15 is 0 Å². The Balaban J connectivity index is 0.00000128. The van der Waals surface area contributed by atoms with Crippen LogP contribution in [0.15, 0.2) is 0 Å². The summed E-state index contributed by atoms with van der Waals surface area (Å²) in [5.74, 6) is 3.32. The number of amides is 1. The molecule has 1 amide bonds. The first-order chi connectivity index (χ1) is 7.27. The fraction of sp³-hybridized carbons (Fsp3) is 0.909. The lowest BCUT2D eigenvalue weighted by Crippen LogP contribution is -2.48. The molecule has 1 aliphatic carbocycles. The van der Waals surface area contributed by atoms with E-state index in [0.717, 1.165) is 30.5 Å². The molecule has 0 aromatic carbocycles. The second-order valence-corrected chi connectivity index (χ2v) is 5.74. The molecule has 94 valence electrons. The molecule has 0 radical (unpaired) electrons. The minimum absolute atomic E-state index is 0. The molecule has 16 heavy (non-hydrogen) atoms. The van der Waals surface area contributed by atoms with Gasteiger partial charge in [-0.2, -0.15) is 11.8 Å². The normalized spacial score (nSPS) is 25.1. The summed E-state index contributed by atoms with van der Waals surface area (Å²) in [6.45, 7) is 4.63. The molecule has 0 spiro atoms. The van der Waals surface area contributed by atoms with E-state index in [1.54, 1.807) is 0 Å². The van der Waals surface area contributed by atoms with Gasteiger partial charge in [-0.3, -0.25) is 4.79 Å². The molecule has 0 aromatic heterocycles. The van der Waals surface area contributed by atoms with Crippen LogP contribution in [0.1, 0.15) is 19.8 Å². The van der Waals surface area contributed by atoms with E-state index in [4.69, 9.17) is 0 Å². The Morgan fingerprint density at radius 1 is 1.50 bits per heavy atom. The Bertz CT molecular complexity index is 236. The Morgan fingerprint density at radius 3 is 2.88 bits per heavy atom. The Labute approximate surface area is 108 Å². The van der Waals surface area contributed by atoms with Crippen LogP contribution < -0.4 is 5.32 Å². The first-order valence-corrected chi connectivity index (χ1v) is 7.01. The maximum absolute atomic E-state index is 11.9. The van der Waals surface area contributed by atoms with Crippen LogP contribution in [0, 0.1) is 5.92 Å². The predicted octanol–water partition coefficient (Wildman–Crippen LogP) is 1.37. The molecule has 1 saturated carbocycles. The van der Waals surface area contributed by atoms with E-state index < -0.39 is 0 Å². The average Bonchev–Trinajstić information content (AvgIpc) is 3.02. The molecule has 1 unspecified atom stereocenters. The number of hydrogen-bond donors (Lipinski definition) is 1. The van der Waals surface area contributed by atoms with Crippen molar-refractivity contribution in [3.05, 3.63) is 0 Å². The third-order valence-corrected chi connectivity index (χ3v) is 4.28. The zero-order valence-corrected chi connectivity index (χ0v) is 11.4. The average molecular weight is 265 g/mol. The molecule has 5 heteroatoms. The number of nitrogens with one attached hydrogen (secondary N) is 1. The van der Waals surface area contributed by atoms with Gasteiger partial charge >= 0.3 is 0 Å². The molecular weight excluding hydrogens is 244 g/mol. The number of carbonyl (C=O) groups is 1. The number of halogens is 1. The van der Waals surface area contributed by atoms with Crippen LogP contribution >= 0.6 is 24.2 Å². The van der Waals surface area contributed by atoms with Gasteiger partial charge in [-0.15, -0.1) is 12.4 Å². The van der Waals surface area contributed by atoms with Gasteiger partial charge in [0.25, 0.3) is 0 Å². The highest BCUT2D eigenvalue weighted by Gasteiger charge is 2.24. The van der Waals surface area contributed by atoms with Crippen LogP contribution in [-0.2, 0) is 4.79 Å². The summed E-state index contributed by atoms with van der Waals surface area (Å²) in [4.78, 5) is 13.9. The third-order valence-electron chi connectivity index (χ3n) is 3.09. The molecule has 0 aromatic rings. The smallest absolute Gasteiger partial charge is 0.236 e. The van der Waals surface area contributed by atoms with Crippen LogP contribution in [0.4, 0.5) is 0 Å². The minimum atomic E-state index is 0. The molecule has 1 saturated heterocycles. The highest BCUT2D eigenvalue weighted by molar-refractivity contribution is 7.99. The Kier molecular flexibility index (Phi) is 5.94. The summed E-state index contributed by atoms with van der Waals surface area (Å²) in [6, 6.07) is 0.416.